The molecule has 0 aliphatic carbocycles. The van der Waals surface area contributed by atoms with Crippen LogP contribution in [0.3, 0.4) is 0 Å². The summed E-state index contributed by atoms with van der Waals surface area (Å²) in [6.45, 7) is 5.94. The van der Waals surface area contributed by atoms with E-state index >= 15 is 0 Å². The summed E-state index contributed by atoms with van der Waals surface area (Å²) in [5.74, 6) is 0.570. The van der Waals surface area contributed by atoms with Crippen molar-refractivity contribution in [3.05, 3.63) is 118 Å². The molecule has 0 N–H and O–H groups in total. The number of nitrogens with zero attached hydrogens (tertiary/aromatic N) is 2. The zero-order valence-electron chi connectivity index (χ0n) is 16.0. The van der Waals surface area contributed by atoms with Crippen LogP contribution in [0.5, 0.6) is 0 Å². The number of halogens is 1. The fourth-order valence-corrected chi connectivity index (χ4v) is 3.50. The fourth-order valence-electron chi connectivity index (χ4n) is 3.30. The number of benzene rings is 2. The van der Waals surface area contributed by atoms with E-state index in [-0.39, 0.29) is 5.56 Å². The van der Waals surface area contributed by atoms with Crippen LogP contribution in [0.2, 0.25) is 5.02 Å². The first-order chi connectivity index (χ1) is 14.1. The number of allylic oxidation sites excluding steroid dienone is 2. The molecule has 0 aliphatic heterocycles. The molecule has 0 saturated carbocycles. The summed E-state index contributed by atoms with van der Waals surface area (Å²) in [6.07, 6.45) is 5.47. The van der Waals surface area contributed by atoms with Crippen LogP contribution in [0, 0.1) is 6.92 Å². The average molecular weight is 399 g/mol. The molecular formula is C25H19ClN2O. The van der Waals surface area contributed by atoms with E-state index in [0.29, 0.717) is 16.2 Å². The normalized spacial score (nSPS) is 11.6. The van der Waals surface area contributed by atoms with Crippen LogP contribution in [0.25, 0.3) is 28.2 Å². The summed E-state index contributed by atoms with van der Waals surface area (Å²) in [5.41, 5.74) is 3.37. The minimum Gasteiger partial charge on any atom is -0.268 e. The van der Waals surface area contributed by atoms with Gasteiger partial charge >= 0.3 is 0 Å². The number of rotatable bonds is 4. The maximum atomic E-state index is 13.4. The number of pyridine rings is 2. The molecule has 0 saturated heterocycles. The van der Waals surface area contributed by atoms with Crippen molar-refractivity contribution in [3.8, 4) is 5.82 Å². The Morgan fingerprint density at radius 1 is 1.07 bits per heavy atom. The predicted octanol–water partition coefficient (Wildman–Crippen LogP) is 6.07. The van der Waals surface area contributed by atoms with Gasteiger partial charge in [0.2, 0.25) is 0 Å². The first-order valence-corrected chi connectivity index (χ1v) is 9.62. The molecule has 142 valence electrons. The van der Waals surface area contributed by atoms with E-state index in [1.54, 1.807) is 16.8 Å². The third kappa shape index (κ3) is 3.78. The van der Waals surface area contributed by atoms with Crippen LogP contribution in [-0.4, -0.2) is 9.55 Å². The van der Waals surface area contributed by atoms with Gasteiger partial charge in [0, 0.05) is 16.6 Å². The monoisotopic (exact) mass is 398 g/mol. The predicted molar refractivity (Wildman–Crippen MR) is 122 cm³/mol. The number of hydrogen-bond donors (Lipinski definition) is 0. The second-order valence-electron chi connectivity index (χ2n) is 6.81. The maximum Gasteiger partial charge on any atom is 0.264 e. The first kappa shape index (κ1) is 18.9. The maximum absolute atomic E-state index is 13.4. The van der Waals surface area contributed by atoms with Gasteiger partial charge < -0.3 is 0 Å². The number of aryl methyl sites for hydroxylation is 1. The van der Waals surface area contributed by atoms with Gasteiger partial charge in [0.05, 0.1) is 5.69 Å². The summed E-state index contributed by atoms with van der Waals surface area (Å²) >= 11 is 6.14. The van der Waals surface area contributed by atoms with Gasteiger partial charge in [-0.15, -0.1) is 0 Å². The molecule has 29 heavy (non-hydrogen) atoms. The zero-order valence-corrected chi connectivity index (χ0v) is 16.7. The van der Waals surface area contributed by atoms with E-state index in [2.05, 4.69) is 11.6 Å². The van der Waals surface area contributed by atoms with Gasteiger partial charge in [-0.25, -0.2) is 4.98 Å². The highest BCUT2D eigenvalue weighted by atomic mass is 35.5. The van der Waals surface area contributed by atoms with Gasteiger partial charge in [0.25, 0.3) is 5.56 Å². The lowest BCUT2D eigenvalue weighted by molar-refractivity contribution is 0.935. The molecule has 2 aromatic carbocycles. The third-order valence-corrected chi connectivity index (χ3v) is 4.97. The zero-order chi connectivity index (χ0) is 20.4. The van der Waals surface area contributed by atoms with Crippen molar-refractivity contribution >= 4 is 34.0 Å². The van der Waals surface area contributed by atoms with Crippen LogP contribution >= 0.6 is 11.6 Å². The molecule has 4 rings (SSSR count). The highest BCUT2D eigenvalue weighted by Crippen LogP contribution is 2.25. The minimum absolute atomic E-state index is 0.117. The molecule has 0 aliphatic rings. The largest absolute Gasteiger partial charge is 0.268 e. The van der Waals surface area contributed by atoms with Gasteiger partial charge in [-0.05, 0) is 65.4 Å². The number of hydrogen-bond acceptors (Lipinski definition) is 2. The highest BCUT2D eigenvalue weighted by Gasteiger charge is 2.14. The second kappa shape index (κ2) is 7.90. The lowest BCUT2D eigenvalue weighted by atomic mass is 10.0. The molecule has 2 heterocycles. The molecule has 2 aromatic heterocycles. The van der Waals surface area contributed by atoms with E-state index in [4.69, 9.17) is 11.6 Å². The molecule has 4 heteroatoms. The quantitative estimate of drug-likeness (QED) is 0.391. The number of aromatic nitrogens is 2. The van der Waals surface area contributed by atoms with Crippen LogP contribution < -0.4 is 5.56 Å². The van der Waals surface area contributed by atoms with Crippen molar-refractivity contribution in [3.63, 3.8) is 0 Å². The van der Waals surface area contributed by atoms with Gasteiger partial charge in [-0.2, -0.15) is 0 Å². The Balaban J connectivity index is 2.04. The Kier molecular flexibility index (Phi) is 5.15. The second-order valence-corrected chi connectivity index (χ2v) is 7.25. The van der Waals surface area contributed by atoms with E-state index in [1.807, 2.05) is 79.7 Å². The van der Waals surface area contributed by atoms with Crippen LogP contribution in [0.1, 0.15) is 16.8 Å². The van der Waals surface area contributed by atoms with Gasteiger partial charge in [-0.1, -0.05) is 60.7 Å². The summed E-state index contributed by atoms with van der Waals surface area (Å²) in [7, 11) is 0. The van der Waals surface area contributed by atoms with Gasteiger partial charge in [0.1, 0.15) is 5.82 Å². The van der Waals surface area contributed by atoms with Crippen LogP contribution in [0.4, 0.5) is 0 Å². The Morgan fingerprint density at radius 3 is 2.62 bits per heavy atom. The molecule has 0 bridgehead atoms. The molecule has 0 atom stereocenters. The average Bonchev–Trinajstić information content (AvgIpc) is 2.73. The van der Waals surface area contributed by atoms with E-state index in [9.17, 15) is 4.79 Å². The van der Waals surface area contributed by atoms with Crippen LogP contribution in [0.15, 0.2) is 90.4 Å². The molecular weight excluding hydrogens is 380 g/mol. The standard InChI is InChI=1S/C25H19ClN2O/c1-3-19(13-18-7-6-9-21(26)14-18)23-15-20-8-4-5-10-22(20)25(29)28(23)24-12-11-17(2)16-27-24/h3-16H,1H2,2H3. The van der Waals surface area contributed by atoms with Crippen molar-refractivity contribution in [2.45, 2.75) is 6.92 Å². The van der Waals surface area contributed by atoms with Crippen molar-refractivity contribution in [2.24, 2.45) is 0 Å². The molecule has 3 nitrogen and oxygen atoms in total. The summed E-state index contributed by atoms with van der Waals surface area (Å²) in [6, 6.07) is 20.9. The molecule has 0 radical (unpaired) electrons. The van der Waals surface area contributed by atoms with Crippen molar-refractivity contribution < 1.29 is 0 Å². The van der Waals surface area contributed by atoms with E-state index in [0.717, 1.165) is 27.8 Å². The minimum atomic E-state index is -0.117. The molecule has 0 fully saturated rings. The molecule has 0 amide bonds. The van der Waals surface area contributed by atoms with Crippen molar-refractivity contribution in [1.82, 2.24) is 9.55 Å². The Morgan fingerprint density at radius 2 is 1.90 bits per heavy atom. The molecule has 0 spiro atoms. The SMILES string of the molecule is C=CC(=Cc1cccc(Cl)c1)c1cc2ccccc2c(=O)n1-c1ccc(C)cn1. The molecule has 4 aromatic rings. The Bertz CT molecular complexity index is 1300. The van der Waals surface area contributed by atoms with E-state index in [1.165, 1.54) is 0 Å². The van der Waals surface area contributed by atoms with Crippen molar-refractivity contribution in [1.29, 1.82) is 0 Å². The van der Waals surface area contributed by atoms with Crippen LogP contribution in [-0.2, 0) is 0 Å². The smallest absolute Gasteiger partial charge is 0.264 e. The fraction of sp³-hybridized carbons (Fsp3) is 0.0400. The van der Waals surface area contributed by atoms with E-state index < -0.39 is 0 Å². The summed E-state index contributed by atoms with van der Waals surface area (Å²) < 4.78 is 1.64. The van der Waals surface area contributed by atoms with Gasteiger partial charge in [-0.3, -0.25) is 9.36 Å². The highest BCUT2D eigenvalue weighted by molar-refractivity contribution is 6.30. The lowest BCUT2D eigenvalue weighted by Gasteiger charge is -2.15. The first-order valence-electron chi connectivity index (χ1n) is 9.25. The van der Waals surface area contributed by atoms with Crippen molar-refractivity contribution in [2.75, 3.05) is 0 Å². The Labute approximate surface area is 174 Å². The summed E-state index contributed by atoms with van der Waals surface area (Å²) in [4.78, 5) is 17.9. The molecule has 0 unspecified atom stereocenters. The summed E-state index contributed by atoms with van der Waals surface area (Å²) in [5, 5.41) is 2.16. The number of fused-ring (bicyclic) bond motifs is 1. The third-order valence-electron chi connectivity index (χ3n) is 4.74. The topological polar surface area (TPSA) is 34.9 Å². The van der Waals surface area contributed by atoms with Gasteiger partial charge in [0.15, 0.2) is 0 Å². The lowest BCUT2D eigenvalue weighted by Crippen LogP contribution is -2.22. The Hall–Kier alpha value is -3.43.